The topological polar surface area (TPSA) is 55.2 Å². The van der Waals surface area contributed by atoms with Crippen molar-refractivity contribution < 1.29 is 4.92 Å². The smallest absolute Gasteiger partial charge is 0.274 e. The highest BCUT2D eigenvalue weighted by Crippen LogP contribution is 2.26. The lowest BCUT2D eigenvalue weighted by molar-refractivity contribution is -0.385. The Bertz CT molecular complexity index is 619. The molecule has 0 fully saturated rings. The molecule has 19 heavy (non-hydrogen) atoms. The Morgan fingerprint density at radius 2 is 2.00 bits per heavy atom. The second kappa shape index (κ2) is 6.04. The van der Waals surface area contributed by atoms with Crippen LogP contribution in [0.2, 0.25) is 5.02 Å². The van der Waals surface area contributed by atoms with Crippen LogP contribution >= 0.6 is 27.5 Å². The molecule has 0 saturated carbocycles. The summed E-state index contributed by atoms with van der Waals surface area (Å²) in [6, 6.07) is 12.1. The zero-order valence-electron chi connectivity index (χ0n) is 9.77. The van der Waals surface area contributed by atoms with Crippen LogP contribution in [0.3, 0.4) is 0 Å². The van der Waals surface area contributed by atoms with E-state index in [1.807, 2.05) is 18.2 Å². The normalized spacial score (nSPS) is 10.2. The molecule has 0 bridgehead atoms. The molecule has 0 amide bonds. The number of rotatable bonds is 4. The van der Waals surface area contributed by atoms with Gasteiger partial charge < -0.3 is 5.32 Å². The van der Waals surface area contributed by atoms with Crippen molar-refractivity contribution in [3.05, 3.63) is 67.6 Å². The molecule has 4 nitrogen and oxygen atoms in total. The SMILES string of the molecule is O=[N+]([O-])c1ccc(Br)cc1CNc1ccccc1Cl. The summed E-state index contributed by atoms with van der Waals surface area (Å²) in [5, 5.41) is 14.6. The number of benzene rings is 2. The Kier molecular flexibility index (Phi) is 4.39. The minimum Gasteiger partial charge on any atom is -0.379 e. The summed E-state index contributed by atoms with van der Waals surface area (Å²) in [6.07, 6.45) is 0. The number of nitro benzene ring substituents is 1. The fourth-order valence-corrected chi connectivity index (χ4v) is 2.28. The van der Waals surface area contributed by atoms with Gasteiger partial charge in [-0.3, -0.25) is 10.1 Å². The van der Waals surface area contributed by atoms with E-state index in [0.717, 1.165) is 10.2 Å². The molecular formula is C13H10BrClN2O2. The molecule has 0 aromatic heterocycles. The van der Waals surface area contributed by atoms with E-state index in [2.05, 4.69) is 21.2 Å². The van der Waals surface area contributed by atoms with E-state index < -0.39 is 4.92 Å². The standard InChI is InChI=1S/C13H10BrClN2O2/c14-10-5-6-13(17(18)19)9(7-10)8-16-12-4-2-1-3-11(12)15/h1-7,16H,8H2. The molecule has 0 spiro atoms. The summed E-state index contributed by atoms with van der Waals surface area (Å²) in [6.45, 7) is 0.333. The second-order valence-electron chi connectivity index (χ2n) is 3.86. The van der Waals surface area contributed by atoms with E-state index in [9.17, 15) is 10.1 Å². The average molecular weight is 342 g/mol. The van der Waals surface area contributed by atoms with E-state index in [1.165, 1.54) is 6.07 Å². The quantitative estimate of drug-likeness (QED) is 0.652. The van der Waals surface area contributed by atoms with Gasteiger partial charge in [0.05, 0.1) is 15.6 Å². The van der Waals surface area contributed by atoms with Gasteiger partial charge in [-0.1, -0.05) is 39.7 Å². The number of halogens is 2. The molecule has 98 valence electrons. The van der Waals surface area contributed by atoms with E-state index in [4.69, 9.17) is 11.6 Å². The Hall–Kier alpha value is -1.59. The van der Waals surface area contributed by atoms with Crippen LogP contribution < -0.4 is 5.32 Å². The third kappa shape index (κ3) is 3.45. The fraction of sp³-hybridized carbons (Fsp3) is 0.0769. The van der Waals surface area contributed by atoms with Gasteiger partial charge in [-0.15, -0.1) is 0 Å². The summed E-state index contributed by atoms with van der Waals surface area (Å²) in [5.41, 5.74) is 1.43. The molecule has 2 aromatic rings. The van der Waals surface area contributed by atoms with Crippen molar-refractivity contribution in [1.29, 1.82) is 0 Å². The van der Waals surface area contributed by atoms with Gasteiger partial charge in [0.25, 0.3) is 5.69 Å². The predicted molar refractivity (Wildman–Crippen MR) is 79.6 cm³/mol. The van der Waals surface area contributed by atoms with Crippen LogP contribution in [0.1, 0.15) is 5.56 Å². The van der Waals surface area contributed by atoms with E-state index >= 15 is 0 Å². The van der Waals surface area contributed by atoms with Crippen LogP contribution in [0, 0.1) is 10.1 Å². The summed E-state index contributed by atoms with van der Waals surface area (Å²) in [5.74, 6) is 0. The van der Waals surface area contributed by atoms with Crippen molar-refractivity contribution in [3.63, 3.8) is 0 Å². The molecule has 1 N–H and O–H groups in total. The molecule has 0 radical (unpaired) electrons. The molecule has 0 aliphatic heterocycles. The first-order valence-corrected chi connectivity index (χ1v) is 6.66. The van der Waals surface area contributed by atoms with E-state index in [-0.39, 0.29) is 5.69 Å². The molecule has 2 aromatic carbocycles. The second-order valence-corrected chi connectivity index (χ2v) is 5.19. The lowest BCUT2D eigenvalue weighted by Gasteiger charge is -2.09. The molecule has 2 rings (SSSR count). The molecular weight excluding hydrogens is 332 g/mol. The van der Waals surface area contributed by atoms with Crippen LogP contribution in [0.15, 0.2) is 46.9 Å². The average Bonchev–Trinajstić information content (AvgIpc) is 2.37. The predicted octanol–water partition coefficient (Wildman–Crippen LogP) is 4.62. The van der Waals surface area contributed by atoms with Gasteiger partial charge in [-0.25, -0.2) is 0 Å². The summed E-state index contributed by atoms with van der Waals surface area (Å²) in [7, 11) is 0. The van der Waals surface area contributed by atoms with Crippen molar-refractivity contribution in [2.24, 2.45) is 0 Å². The maximum Gasteiger partial charge on any atom is 0.274 e. The molecule has 0 saturated heterocycles. The maximum absolute atomic E-state index is 10.9. The monoisotopic (exact) mass is 340 g/mol. The van der Waals surface area contributed by atoms with Gasteiger partial charge in [0.2, 0.25) is 0 Å². The highest BCUT2D eigenvalue weighted by Gasteiger charge is 2.13. The molecule has 0 aliphatic rings. The Morgan fingerprint density at radius 3 is 2.68 bits per heavy atom. The number of anilines is 1. The van der Waals surface area contributed by atoms with Crippen LogP contribution in [-0.4, -0.2) is 4.92 Å². The lowest BCUT2D eigenvalue weighted by atomic mass is 10.2. The van der Waals surface area contributed by atoms with E-state index in [1.54, 1.807) is 18.2 Å². The number of hydrogen-bond donors (Lipinski definition) is 1. The summed E-state index contributed by atoms with van der Waals surface area (Å²) < 4.78 is 0.800. The van der Waals surface area contributed by atoms with Crippen molar-refractivity contribution >= 4 is 38.9 Å². The highest BCUT2D eigenvalue weighted by atomic mass is 79.9. The first-order valence-electron chi connectivity index (χ1n) is 5.49. The number of nitrogens with zero attached hydrogens (tertiary/aromatic N) is 1. The highest BCUT2D eigenvalue weighted by molar-refractivity contribution is 9.10. The number of hydrogen-bond acceptors (Lipinski definition) is 3. The zero-order valence-corrected chi connectivity index (χ0v) is 12.1. The minimum atomic E-state index is -0.393. The Morgan fingerprint density at radius 1 is 1.26 bits per heavy atom. The molecule has 0 heterocycles. The van der Waals surface area contributed by atoms with Crippen LogP contribution in [0.5, 0.6) is 0 Å². The van der Waals surface area contributed by atoms with Crippen LogP contribution in [0.4, 0.5) is 11.4 Å². The first kappa shape index (κ1) is 13.8. The molecule has 0 atom stereocenters. The zero-order chi connectivity index (χ0) is 13.8. The van der Waals surface area contributed by atoms with Crippen molar-refractivity contribution in [3.8, 4) is 0 Å². The Labute approximate surface area is 123 Å². The van der Waals surface area contributed by atoms with E-state index in [0.29, 0.717) is 17.1 Å². The van der Waals surface area contributed by atoms with Gasteiger partial charge in [-0.2, -0.15) is 0 Å². The first-order chi connectivity index (χ1) is 9.08. The van der Waals surface area contributed by atoms with Crippen molar-refractivity contribution in [2.45, 2.75) is 6.54 Å². The lowest BCUT2D eigenvalue weighted by Crippen LogP contribution is -2.03. The van der Waals surface area contributed by atoms with Crippen molar-refractivity contribution in [2.75, 3.05) is 5.32 Å². The summed E-state index contributed by atoms with van der Waals surface area (Å²) >= 11 is 9.33. The number of nitrogens with one attached hydrogen (secondary N) is 1. The maximum atomic E-state index is 10.9. The van der Waals surface area contributed by atoms with Crippen molar-refractivity contribution in [1.82, 2.24) is 0 Å². The van der Waals surface area contributed by atoms with Crippen LogP contribution in [0.25, 0.3) is 0 Å². The van der Waals surface area contributed by atoms with Gasteiger partial charge in [0, 0.05) is 22.6 Å². The fourth-order valence-electron chi connectivity index (χ4n) is 1.67. The van der Waals surface area contributed by atoms with Crippen LogP contribution in [-0.2, 0) is 6.54 Å². The summed E-state index contributed by atoms with van der Waals surface area (Å²) in [4.78, 5) is 10.6. The molecule has 0 unspecified atom stereocenters. The van der Waals surface area contributed by atoms with Gasteiger partial charge >= 0.3 is 0 Å². The molecule has 0 aliphatic carbocycles. The number of nitro groups is 1. The largest absolute Gasteiger partial charge is 0.379 e. The Balaban J connectivity index is 2.22. The minimum absolute atomic E-state index is 0.0859. The molecule has 6 heteroatoms. The van der Waals surface area contributed by atoms with Gasteiger partial charge in [-0.05, 0) is 24.3 Å². The third-order valence-corrected chi connectivity index (χ3v) is 3.40. The van der Waals surface area contributed by atoms with Gasteiger partial charge in [0.15, 0.2) is 0 Å². The van der Waals surface area contributed by atoms with Gasteiger partial charge in [0.1, 0.15) is 0 Å². The number of para-hydroxylation sites is 1. The third-order valence-electron chi connectivity index (χ3n) is 2.58.